The molecule has 0 aromatic heterocycles. The van der Waals surface area contributed by atoms with Gasteiger partial charge in [0.1, 0.15) is 6.04 Å². The molecule has 30 heavy (non-hydrogen) atoms. The number of unbranched alkanes of at least 4 members (excludes halogenated alkanes) is 1. The van der Waals surface area contributed by atoms with Crippen molar-refractivity contribution in [2.45, 2.75) is 49.1 Å². The molecule has 2 saturated heterocycles. The molecule has 168 valence electrons. The number of halogens is 2. The van der Waals surface area contributed by atoms with Crippen molar-refractivity contribution in [1.29, 1.82) is 0 Å². The molecule has 2 aliphatic heterocycles. The highest BCUT2D eigenvalue weighted by atomic mass is 35.5. The number of amides is 1. The quantitative estimate of drug-likeness (QED) is 0.580. The van der Waals surface area contributed by atoms with E-state index in [0.717, 1.165) is 19.3 Å². The maximum Gasteiger partial charge on any atom is 0.244 e. The van der Waals surface area contributed by atoms with Crippen LogP contribution in [0.5, 0.6) is 0 Å². The van der Waals surface area contributed by atoms with Crippen LogP contribution in [0, 0.1) is 5.92 Å². The molecule has 1 amide bonds. The Morgan fingerprint density at radius 2 is 1.87 bits per heavy atom. The maximum absolute atomic E-state index is 13.6. The summed E-state index contributed by atoms with van der Waals surface area (Å²) < 4.78 is 33.6. The van der Waals surface area contributed by atoms with Crippen molar-refractivity contribution < 1.29 is 23.1 Å². The van der Waals surface area contributed by atoms with E-state index in [1.54, 1.807) is 12.0 Å². The Labute approximate surface area is 187 Å². The van der Waals surface area contributed by atoms with E-state index in [0.29, 0.717) is 32.5 Å². The molecule has 2 heterocycles. The van der Waals surface area contributed by atoms with Crippen molar-refractivity contribution in [3.05, 3.63) is 28.2 Å². The zero-order valence-electron chi connectivity index (χ0n) is 17.0. The summed E-state index contributed by atoms with van der Waals surface area (Å²) in [6.07, 6.45) is 3.35. The first-order chi connectivity index (χ1) is 14.3. The van der Waals surface area contributed by atoms with E-state index < -0.39 is 22.1 Å². The summed E-state index contributed by atoms with van der Waals surface area (Å²) in [4.78, 5) is 15.0. The summed E-state index contributed by atoms with van der Waals surface area (Å²) in [5, 5.41) is 10.5. The van der Waals surface area contributed by atoms with E-state index in [-0.39, 0.29) is 33.4 Å². The molecule has 7 nitrogen and oxygen atoms in total. The molecule has 0 aliphatic carbocycles. The average Bonchev–Trinajstić information content (AvgIpc) is 2.77. The third kappa shape index (κ3) is 4.95. The molecular weight excluding hydrogens is 451 g/mol. The van der Waals surface area contributed by atoms with Crippen LogP contribution in [-0.2, 0) is 19.6 Å². The smallest absolute Gasteiger partial charge is 0.244 e. The van der Waals surface area contributed by atoms with Crippen molar-refractivity contribution in [3.63, 3.8) is 0 Å². The summed E-state index contributed by atoms with van der Waals surface area (Å²) in [7, 11) is -2.40. The topological polar surface area (TPSA) is 87.2 Å². The number of nitrogens with zero attached hydrogens (tertiary/aromatic N) is 2. The largest absolute Gasteiger partial charge is 0.396 e. The van der Waals surface area contributed by atoms with Gasteiger partial charge in [0.05, 0.1) is 4.90 Å². The van der Waals surface area contributed by atoms with Crippen molar-refractivity contribution in [1.82, 2.24) is 9.21 Å². The predicted octanol–water partition coefficient (Wildman–Crippen LogP) is 2.78. The highest BCUT2D eigenvalue weighted by molar-refractivity contribution is 7.89. The van der Waals surface area contributed by atoms with Gasteiger partial charge in [-0.25, -0.2) is 8.42 Å². The Kier molecular flexibility index (Phi) is 8.03. The number of carbonyl (C=O) groups is 1. The van der Waals surface area contributed by atoms with Crippen LogP contribution in [0.4, 0.5) is 0 Å². The number of rotatable bonds is 8. The molecule has 1 aromatic carbocycles. The van der Waals surface area contributed by atoms with Crippen LogP contribution in [0.2, 0.25) is 10.0 Å². The number of aliphatic hydroxyl groups is 1. The van der Waals surface area contributed by atoms with Crippen LogP contribution >= 0.6 is 23.2 Å². The van der Waals surface area contributed by atoms with E-state index in [4.69, 9.17) is 27.9 Å². The van der Waals surface area contributed by atoms with Crippen LogP contribution in [0.25, 0.3) is 0 Å². The lowest BCUT2D eigenvalue weighted by atomic mass is 9.91. The molecule has 1 aromatic rings. The van der Waals surface area contributed by atoms with E-state index in [2.05, 4.69) is 0 Å². The normalized spacial score (nSPS) is 25.4. The van der Waals surface area contributed by atoms with Gasteiger partial charge in [-0.1, -0.05) is 23.2 Å². The Morgan fingerprint density at radius 1 is 1.17 bits per heavy atom. The van der Waals surface area contributed by atoms with Gasteiger partial charge >= 0.3 is 0 Å². The number of sulfonamides is 1. The standard InChI is InChI=1S/C20H28Cl2N2O5S/c1-29-8-3-2-7-23-12-14(13-25)18-5-4-6-19(20(23)26)24(18)30(27,28)17-10-15(21)9-16(22)11-17/h9-11,14,18-19,25H,2-8,12-13H2,1H3/t14-,18+,19-/m0/s1. The summed E-state index contributed by atoms with van der Waals surface area (Å²) in [6, 6.07) is 2.93. The fraction of sp³-hybridized carbons (Fsp3) is 0.650. The molecule has 0 unspecified atom stereocenters. The van der Waals surface area contributed by atoms with Gasteiger partial charge in [-0.2, -0.15) is 4.31 Å². The molecule has 0 radical (unpaired) electrons. The highest BCUT2D eigenvalue weighted by Gasteiger charge is 2.49. The molecule has 3 atom stereocenters. The summed E-state index contributed by atoms with van der Waals surface area (Å²) >= 11 is 12.1. The molecule has 10 heteroatoms. The van der Waals surface area contributed by atoms with E-state index >= 15 is 0 Å². The second kappa shape index (κ2) is 10.1. The van der Waals surface area contributed by atoms with Gasteiger partial charge in [0, 0.05) is 55.4 Å². The van der Waals surface area contributed by atoms with Gasteiger partial charge < -0.3 is 14.7 Å². The van der Waals surface area contributed by atoms with Crippen LogP contribution in [0.15, 0.2) is 23.1 Å². The first-order valence-electron chi connectivity index (χ1n) is 10.2. The number of hydrogen-bond donors (Lipinski definition) is 1. The van der Waals surface area contributed by atoms with Crippen molar-refractivity contribution >= 4 is 39.1 Å². The Bertz CT molecular complexity index is 847. The molecule has 0 spiro atoms. The number of benzene rings is 1. The molecule has 0 saturated carbocycles. The van der Waals surface area contributed by atoms with Crippen molar-refractivity contribution in [2.24, 2.45) is 5.92 Å². The number of ether oxygens (including phenoxy) is 1. The lowest BCUT2D eigenvalue weighted by Crippen LogP contribution is -2.55. The molecule has 1 N–H and O–H groups in total. The summed E-state index contributed by atoms with van der Waals surface area (Å²) in [5.74, 6) is -0.559. The zero-order chi connectivity index (χ0) is 21.9. The second-order valence-corrected chi connectivity index (χ2v) is 10.6. The molecule has 2 aliphatic rings. The van der Waals surface area contributed by atoms with Crippen LogP contribution < -0.4 is 0 Å². The third-order valence-electron chi connectivity index (χ3n) is 5.88. The van der Waals surface area contributed by atoms with Gasteiger partial charge in [-0.05, 0) is 50.3 Å². The number of piperidine rings is 1. The lowest BCUT2D eigenvalue weighted by molar-refractivity contribution is -0.135. The van der Waals surface area contributed by atoms with Gasteiger partial charge in [0.25, 0.3) is 0 Å². The minimum Gasteiger partial charge on any atom is -0.396 e. The summed E-state index contributed by atoms with van der Waals surface area (Å²) in [5.41, 5.74) is 0. The number of aliphatic hydroxyl groups excluding tert-OH is 1. The van der Waals surface area contributed by atoms with Crippen LogP contribution in [-0.4, -0.2) is 74.1 Å². The molecular formula is C20H28Cl2N2O5S. The van der Waals surface area contributed by atoms with Gasteiger partial charge in [0.15, 0.2) is 0 Å². The van der Waals surface area contributed by atoms with E-state index in [9.17, 15) is 18.3 Å². The van der Waals surface area contributed by atoms with Crippen molar-refractivity contribution in [2.75, 3.05) is 33.4 Å². The number of carbonyl (C=O) groups excluding carboxylic acids is 1. The van der Waals surface area contributed by atoms with Crippen LogP contribution in [0.1, 0.15) is 32.1 Å². The van der Waals surface area contributed by atoms with E-state index in [1.165, 1.54) is 22.5 Å². The average molecular weight is 479 g/mol. The number of fused-ring (bicyclic) bond motifs is 2. The Hall–Kier alpha value is -0.900. The highest BCUT2D eigenvalue weighted by Crippen LogP contribution is 2.38. The molecule has 2 fully saturated rings. The minimum atomic E-state index is -4.03. The summed E-state index contributed by atoms with van der Waals surface area (Å²) in [6.45, 7) is 1.26. The molecule has 3 rings (SSSR count). The Balaban J connectivity index is 1.96. The fourth-order valence-corrected chi connectivity index (χ4v) is 7.08. The second-order valence-electron chi connectivity index (χ2n) is 7.88. The Morgan fingerprint density at radius 3 is 2.50 bits per heavy atom. The predicted molar refractivity (Wildman–Crippen MR) is 115 cm³/mol. The monoisotopic (exact) mass is 478 g/mol. The van der Waals surface area contributed by atoms with Crippen molar-refractivity contribution in [3.8, 4) is 0 Å². The van der Waals surface area contributed by atoms with Gasteiger partial charge in [-0.3, -0.25) is 4.79 Å². The first-order valence-corrected chi connectivity index (χ1v) is 12.4. The number of hydrogen-bond acceptors (Lipinski definition) is 5. The third-order valence-corrected chi connectivity index (χ3v) is 8.23. The number of methoxy groups -OCH3 is 1. The maximum atomic E-state index is 13.6. The van der Waals surface area contributed by atoms with Crippen LogP contribution in [0.3, 0.4) is 0 Å². The van der Waals surface area contributed by atoms with E-state index in [1.807, 2.05) is 0 Å². The van der Waals surface area contributed by atoms with Gasteiger partial charge in [0.2, 0.25) is 15.9 Å². The SMILES string of the molecule is COCCCCN1C[C@@H](CO)[C@H]2CCC[C@@H](C1=O)N2S(=O)(=O)c1cc(Cl)cc(Cl)c1. The minimum absolute atomic E-state index is 0.0325. The zero-order valence-corrected chi connectivity index (χ0v) is 19.3. The fourth-order valence-electron chi connectivity index (χ4n) is 4.46. The first kappa shape index (κ1) is 23.8. The lowest BCUT2D eigenvalue weighted by Gasteiger charge is -2.40. The molecule has 2 bridgehead atoms. The van der Waals surface area contributed by atoms with Gasteiger partial charge in [-0.15, -0.1) is 0 Å².